The molecule has 0 aliphatic heterocycles. The summed E-state index contributed by atoms with van der Waals surface area (Å²) in [7, 11) is 0. The summed E-state index contributed by atoms with van der Waals surface area (Å²) < 4.78 is 38.0. The molecular formula is C11H13F3N2O. The number of hydrogen-bond donors (Lipinski definition) is 0. The Kier molecular flexibility index (Phi) is 3.22. The first-order valence-electron chi connectivity index (χ1n) is 5.59. The smallest absolute Gasteiger partial charge is 0.297 e. The first-order chi connectivity index (χ1) is 7.97. The van der Waals surface area contributed by atoms with Crippen molar-refractivity contribution in [1.82, 2.24) is 9.78 Å². The predicted molar refractivity (Wildman–Crippen MR) is 54.2 cm³/mol. The van der Waals surface area contributed by atoms with Gasteiger partial charge in [-0.1, -0.05) is 12.8 Å². The van der Waals surface area contributed by atoms with Gasteiger partial charge in [-0.05, 0) is 12.8 Å². The molecule has 0 spiro atoms. The Balaban J connectivity index is 1.99. The molecule has 0 aromatic carbocycles. The highest BCUT2D eigenvalue weighted by Gasteiger charge is 2.32. The molecule has 0 amide bonds. The summed E-state index contributed by atoms with van der Waals surface area (Å²) in [5.74, 6) is -0.00661. The fourth-order valence-electron chi connectivity index (χ4n) is 2.13. The van der Waals surface area contributed by atoms with Crippen LogP contribution in [0.15, 0.2) is 12.4 Å². The number of hydrogen-bond acceptors (Lipinski definition) is 2. The second kappa shape index (κ2) is 4.50. The molecule has 17 heavy (non-hydrogen) atoms. The third-order valence-corrected chi connectivity index (χ3v) is 3.09. The number of carbonyl (C=O) groups excluding carboxylic acids is 1. The second-order valence-electron chi connectivity index (χ2n) is 4.37. The summed E-state index contributed by atoms with van der Waals surface area (Å²) in [5.41, 5.74) is -0.809. The van der Waals surface area contributed by atoms with Crippen LogP contribution in [-0.4, -0.2) is 15.6 Å². The van der Waals surface area contributed by atoms with Crippen LogP contribution in [0.5, 0.6) is 0 Å². The van der Waals surface area contributed by atoms with Crippen LogP contribution in [0.1, 0.15) is 31.2 Å². The quantitative estimate of drug-likeness (QED) is 0.821. The van der Waals surface area contributed by atoms with Crippen molar-refractivity contribution in [2.24, 2.45) is 5.92 Å². The van der Waals surface area contributed by atoms with Crippen LogP contribution < -0.4 is 0 Å². The van der Waals surface area contributed by atoms with E-state index >= 15 is 0 Å². The minimum Gasteiger partial charge on any atom is -0.297 e. The van der Waals surface area contributed by atoms with Gasteiger partial charge in [0.15, 0.2) is 5.78 Å². The Morgan fingerprint density at radius 1 is 1.41 bits per heavy atom. The van der Waals surface area contributed by atoms with E-state index in [1.165, 1.54) is 0 Å². The van der Waals surface area contributed by atoms with Crippen LogP contribution in [0.2, 0.25) is 0 Å². The number of aromatic nitrogens is 2. The minimum absolute atomic E-state index is 0.00790. The lowest BCUT2D eigenvalue weighted by Crippen LogP contribution is -2.18. The lowest BCUT2D eigenvalue weighted by atomic mass is 10.0. The molecule has 0 atom stereocenters. The summed E-state index contributed by atoms with van der Waals surface area (Å²) in [6.45, 7) is -0.0548. The third kappa shape index (κ3) is 2.87. The zero-order chi connectivity index (χ0) is 12.5. The number of Topliss-reactive ketones (excluding diaryl/α,β-unsaturated/α-hetero) is 1. The van der Waals surface area contributed by atoms with Crippen LogP contribution in [0.4, 0.5) is 13.2 Å². The molecule has 1 aromatic heterocycles. The van der Waals surface area contributed by atoms with Gasteiger partial charge in [-0.15, -0.1) is 0 Å². The molecule has 0 N–H and O–H groups in total. The van der Waals surface area contributed by atoms with Crippen molar-refractivity contribution in [2.75, 3.05) is 0 Å². The van der Waals surface area contributed by atoms with Crippen molar-refractivity contribution in [3.63, 3.8) is 0 Å². The van der Waals surface area contributed by atoms with Gasteiger partial charge in [0.25, 0.3) is 0 Å². The number of carbonyl (C=O) groups is 1. The fraction of sp³-hybridized carbons (Fsp3) is 0.636. The Bertz CT molecular complexity index is 405. The van der Waals surface area contributed by atoms with Crippen LogP contribution in [-0.2, 0) is 17.5 Å². The first kappa shape index (κ1) is 12.1. The summed E-state index contributed by atoms with van der Waals surface area (Å²) in [4.78, 5) is 11.7. The maximum atomic E-state index is 12.3. The van der Waals surface area contributed by atoms with Gasteiger partial charge in [0.2, 0.25) is 0 Å². The SMILES string of the molecule is O=C(Cn1cc(C(F)(F)F)cn1)C1CCCC1. The topological polar surface area (TPSA) is 34.9 Å². The van der Waals surface area contributed by atoms with E-state index in [9.17, 15) is 18.0 Å². The summed E-state index contributed by atoms with van der Waals surface area (Å²) in [6.07, 6.45) is 1.01. The van der Waals surface area contributed by atoms with Crippen molar-refractivity contribution in [1.29, 1.82) is 0 Å². The molecule has 0 unspecified atom stereocenters. The Hall–Kier alpha value is -1.33. The molecule has 3 nitrogen and oxygen atoms in total. The van der Waals surface area contributed by atoms with Gasteiger partial charge >= 0.3 is 6.18 Å². The highest BCUT2D eigenvalue weighted by molar-refractivity contribution is 5.80. The Labute approximate surface area is 96.6 Å². The van der Waals surface area contributed by atoms with Gasteiger partial charge in [-0.3, -0.25) is 9.48 Å². The molecule has 1 aromatic rings. The number of halogens is 3. The van der Waals surface area contributed by atoms with Gasteiger partial charge < -0.3 is 0 Å². The summed E-state index contributed by atoms with van der Waals surface area (Å²) in [5, 5.41) is 3.57. The monoisotopic (exact) mass is 246 g/mol. The first-order valence-corrected chi connectivity index (χ1v) is 5.59. The zero-order valence-corrected chi connectivity index (χ0v) is 9.20. The Morgan fingerprint density at radius 2 is 2.06 bits per heavy atom. The van der Waals surface area contributed by atoms with E-state index in [0.29, 0.717) is 0 Å². The average molecular weight is 246 g/mol. The summed E-state index contributed by atoms with van der Waals surface area (Å²) in [6, 6.07) is 0. The second-order valence-corrected chi connectivity index (χ2v) is 4.37. The number of ketones is 1. The predicted octanol–water partition coefficient (Wildman–Crippen LogP) is 2.66. The lowest BCUT2D eigenvalue weighted by Gasteiger charge is -2.07. The lowest BCUT2D eigenvalue weighted by molar-refractivity contribution is -0.137. The van der Waals surface area contributed by atoms with Gasteiger partial charge in [0, 0.05) is 12.1 Å². The molecule has 0 radical (unpaired) electrons. The van der Waals surface area contributed by atoms with E-state index in [4.69, 9.17) is 0 Å². The van der Waals surface area contributed by atoms with Crippen molar-refractivity contribution in [2.45, 2.75) is 38.4 Å². The molecule has 1 saturated carbocycles. The fourth-order valence-corrected chi connectivity index (χ4v) is 2.13. The largest absolute Gasteiger partial charge is 0.419 e. The van der Waals surface area contributed by atoms with Gasteiger partial charge in [0.05, 0.1) is 18.3 Å². The number of rotatable bonds is 3. The standard InChI is InChI=1S/C11H13F3N2O/c12-11(13,14)9-5-15-16(6-9)7-10(17)8-3-1-2-4-8/h5-6,8H,1-4,7H2. The van der Waals surface area contributed by atoms with Gasteiger partial charge in [-0.25, -0.2) is 0 Å². The van der Waals surface area contributed by atoms with Crippen molar-refractivity contribution in [3.8, 4) is 0 Å². The maximum Gasteiger partial charge on any atom is 0.419 e. The minimum atomic E-state index is -4.39. The molecule has 1 aliphatic rings. The zero-order valence-electron chi connectivity index (χ0n) is 9.20. The van der Waals surface area contributed by atoms with E-state index in [1.807, 2.05) is 0 Å². The molecule has 1 aliphatic carbocycles. The van der Waals surface area contributed by atoms with E-state index in [1.54, 1.807) is 0 Å². The van der Waals surface area contributed by atoms with Crippen LogP contribution in [0.3, 0.4) is 0 Å². The molecule has 1 fully saturated rings. The van der Waals surface area contributed by atoms with Crippen LogP contribution in [0, 0.1) is 5.92 Å². The van der Waals surface area contributed by atoms with E-state index in [2.05, 4.69) is 5.10 Å². The van der Waals surface area contributed by atoms with Crippen LogP contribution >= 0.6 is 0 Å². The van der Waals surface area contributed by atoms with Gasteiger partial charge in [0.1, 0.15) is 0 Å². The van der Waals surface area contributed by atoms with Crippen molar-refractivity contribution in [3.05, 3.63) is 18.0 Å². The van der Waals surface area contributed by atoms with E-state index < -0.39 is 11.7 Å². The molecule has 6 heteroatoms. The summed E-state index contributed by atoms with van der Waals surface area (Å²) >= 11 is 0. The number of nitrogens with zero attached hydrogens (tertiary/aromatic N) is 2. The van der Waals surface area contributed by atoms with E-state index in [-0.39, 0.29) is 18.2 Å². The third-order valence-electron chi connectivity index (χ3n) is 3.09. The normalized spacial score (nSPS) is 17.6. The molecule has 94 valence electrons. The van der Waals surface area contributed by atoms with E-state index in [0.717, 1.165) is 42.8 Å². The molecule has 0 bridgehead atoms. The molecule has 1 heterocycles. The average Bonchev–Trinajstić information content (AvgIpc) is 2.85. The van der Waals surface area contributed by atoms with Crippen molar-refractivity contribution < 1.29 is 18.0 Å². The van der Waals surface area contributed by atoms with Crippen LogP contribution in [0.25, 0.3) is 0 Å². The molecular weight excluding hydrogens is 233 g/mol. The highest BCUT2D eigenvalue weighted by Crippen LogP contribution is 2.29. The molecule has 0 saturated heterocycles. The molecule has 2 rings (SSSR count). The highest BCUT2D eigenvalue weighted by atomic mass is 19.4. The van der Waals surface area contributed by atoms with Gasteiger partial charge in [-0.2, -0.15) is 18.3 Å². The number of alkyl halides is 3. The maximum absolute atomic E-state index is 12.3. The Morgan fingerprint density at radius 3 is 2.59 bits per heavy atom. The van der Waals surface area contributed by atoms with Crippen molar-refractivity contribution >= 4 is 5.78 Å².